The highest BCUT2D eigenvalue weighted by molar-refractivity contribution is 5.87. The third kappa shape index (κ3) is 6.72. The van der Waals surface area contributed by atoms with Crippen molar-refractivity contribution in [1.82, 2.24) is 10.2 Å². The number of rotatable bonds is 10. The van der Waals surface area contributed by atoms with Gasteiger partial charge in [-0.05, 0) is 38.0 Å². The van der Waals surface area contributed by atoms with Gasteiger partial charge in [-0.2, -0.15) is 0 Å². The Morgan fingerprint density at radius 1 is 1.11 bits per heavy atom. The van der Waals surface area contributed by atoms with E-state index in [0.717, 1.165) is 24.0 Å². The summed E-state index contributed by atoms with van der Waals surface area (Å²) in [6.07, 6.45) is 1.92. The quantitative estimate of drug-likeness (QED) is 0.637. The zero-order valence-corrected chi connectivity index (χ0v) is 17.0. The van der Waals surface area contributed by atoms with Crippen LogP contribution < -0.4 is 10.1 Å². The second-order valence-corrected chi connectivity index (χ2v) is 6.93. The molecule has 0 unspecified atom stereocenters. The number of amides is 2. The molecule has 0 aliphatic rings. The fourth-order valence-corrected chi connectivity index (χ4v) is 2.87. The van der Waals surface area contributed by atoms with Gasteiger partial charge in [-0.3, -0.25) is 9.59 Å². The number of ether oxygens (including phenoxy) is 1. The Balaban J connectivity index is 2.09. The third-order valence-corrected chi connectivity index (χ3v) is 4.54. The van der Waals surface area contributed by atoms with Crippen molar-refractivity contribution in [2.45, 2.75) is 46.2 Å². The first-order valence-electron chi connectivity index (χ1n) is 9.81. The van der Waals surface area contributed by atoms with E-state index in [1.807, 2.05) is 49.4 Å². The van der Waals surface area contributed by atoms with E-state index in [-0.39, 0.29) is 18.4 Å². The molecule has 0 aromatic heterocycles. The van der Waals surface area contributed by atoms with E-state index in [0.29, 0.717) is 18.8 Å². The monoisotopic (exact) mass is 382 g/mol. The number of benzene rings is 2. The highest BCUT2D eigenvalue weighted by Gasteiger charge is 2.26. The summed E-state index contributed by atoms with van der Waals surface area (Å²) in [5.41, 5.74) is 2.10. The fraction of sp³-hybridized carbons (Fsp3) is 0.391. The van der Waals surface area contributed by atoms with E-state index in [2.05, 4.69) is 12.2 Å². The van der Waals surface area contributed by atoms with E-state index in [1.54, 1.807) is 24.0 Å². The van der Waals surface area contributed by atoms with Crippen LogP contribution in [0.25, 0.3) is 0 Å². The van der Waals surface area contributed by atoms with Crippen LogP contribution in [0.15, 0.2) is 54.6 Å². The van der Waals surface area contributed by atoms with Crippen molar-refractivity contribution in [3.05, 3.63) is 65.7 Å². The van der Waals surface area contributed by atoms with Crippen LogP contribution in [0.3, 0.4) is 0 Å². The van der Waals surface area contributed by atoms with Crippen LogP contribution in [0.4, 0.5) is 0 Å². The number of para-hydroxylation sites is 1. The lowest BCUT2D eigenvalue weighted by Gasteiger charge is -2.29. The molecule has 0 aliphatic heterocycles. The lowest BCUT2D eigenvalue weighted by molar-refractivity contribution is -0.142. The second-order valence-electron chi connectivity index (χ2n) is 6.93. The SMILES string of the molecule is CCCCNC(=O)[C@@H](C)N(Cc1cccc(C)c1)C(=O)COc1ccccc1. The molecule has 5 heteroatoms. The zero-order valence-electron chi connectivity index (χ0n) is 17.0. The lowest BCUT2D eigenvalue weighted by atomic mass is 10.1. The number of carbonyl (C=O) groups is 2. The van der Waals surface area contributed by atoms with Gasteiger partial charge >= 0.3 is 0 Å². The molecule has 2 aromatic rings. The molecule has 5 nitrogen and oxygen atoms in total. The summed E-state index contributed by atoms with van der Waals surface area (Å²) < 4.78 is 5.62. The summed E-state index contributed by atoms with van der Waals surface area (Å²) in [4.78, 5) is 27.0. The molecule has 1 N–H and O–H groups in total. The molecule has 0 spiro atoms. The van der Waals surface area contributed by atoms with Crippen molar-refractivity contribution in [1.29, 1.82) is 0 Å². The van der Waals surface area contributed by atoms with Crippen molar-refractivity contribution in [3.63, 3.8) is 0 Å². The molecule has 0 saturated carbocycles. The second kappa shape index (κ2) is 11.1. The van der Waals surface area contributed by atoms with E-state index in [4.69, 9.17) is 4.74 Å². The fourth-order valence-electron chi connectivity index (χ4n) is 2.87. The molecular weight excluding hydrogens is 352 g/mol. The van der Waals surface area contributed by atoms with Crippen LogP contribution in [0, 0.1) is 6.92 Å². The number of nitrogens with zero attached hydrogens (tertiary/aromatic N) is 1. The van der Waals surface area contributed by atoms with Gasteiger partial charge in [-0.25, -0.2) is 0 Å². The maximum Gasteiger partial charge on any atom is 0.261 e. The van der Waals surface area contributed by atoms with Gasteiger partial charge in [0.05, 0.1) is 0 Å². The number of carbonyl (C=O) groups excluding carboxylic acids is 2. The number of hydrogen-bond acceptors (Lipinski definition) is 3. The summed E-state index contributed by atoms with van der Waals surface area (Å²) in [5, 5.41) is 2.92. The van der Waals surface area contributed by atoms with Gasteiger partial charge in [-0.15, -0.1) is 0 Å². The van der Waals surface area contributed by atoms with Crippen LogP contribution in [0.2, 0.25) is 0 Å². The van der Waals surface area contributed by atoms with E-state index in [9.17, 15) is 9.59 Å². The summed E-state index contributed by atoms with van der Waals surface area (Å²) in [7, 11) is 0. The molecule has 0 bridgehead atoms. The molecule has 28 heavy (non-hydrogen) atoms. The third-order valence-electron chi connectivity index (χ3n) is 4.54. The smallest absolute Gasteiger partial charge is 0.261 e. The van der Waals surface area contributed by atoms with Gasteiger partial charge in [0.2, 0.25) is 5.91 Å². The first-order chi connectivity index (χ1) is 13.5. The molecule has 2 aromatic carbocycles. The number of unbranched alkanes of at least 4 members (excludes halogenated alkanes) is 1. The summed E-state index contributed by atoms with van der Waals surface area (Å²) in [5.74, 6) is 0.268. The van der Waals surface area contributed by atoms with Crippen molar-refractivity contribution in [3.8, 4) is 5.75 Å². The molecule has 0 aliphatic carbocycles. The molecule has 0 heterocycles. The van der Waals surface area contributed by atoms with Crippen molar-refractivity contribution in [2.75, 3.05) is 13.2 Å². The minimum absolute atomic E-state index is 0.109. The molecular formula is C23H30N2O3. The minimum atomic E-state index is -0.579. The van der Waals surface area contributed by atoms with Crippen molar-refractivity contribution in [2.24, 2.45) is 0 Å². The average Bonchev–Trinajstić information content (AvgIpc) is 2.70. The Bertz CT molecular complexity index is 761. The molecule has 0 fully saturated rings. The van der Waals surface area contributed by atoms with Crippen LogP contribution >= 0.6 is 0 Å². The lowest BCUT2D eigenvalue weighted by Crippen LogP contribution is -2.49. The predicted molar refractivity (Wildman–Crippen MR) is 111 cm³/mol. The summed E-state index contributed by atoms with van der Waals surface area (Å²) >= 11 is 0. The molecule has 2 rings (SSSR count). The molecule has 0 saturated heterocycles. The topological polar surface area (TPSA) is 58.6 Å². The van der Waals surface area contributed by atoms with Gasteiger partial charge in [0, 0.05) is 13.1 Å². The Labute approximate surface area is 167 Å². The first-order valence-corrected chi connectivity index (χ1v) is 9.81. The van der Waals surface area contributed by atoms with E-state index < -0.39 is 6.04 Å². The molecule has 0 radical (unpaired) electrons. The largest absolute Gasteiger partial charge is 0.484 e. The van der Waals surface area contributed by atoms with Crippen LogP contribution in [0.5, 0.6) is 5.75 Å². The van der Waals surface area contributed by atoms with Gasteiger partial charge in [0.15, 0.2) is 6.61 Å². The first kappa shape index (κ1) is 21.5. The van der Waals surface area contributed by atoms with Crippen LogP contribution in [0.1, 0.15) is 37.8 Å². The van der Waals surface area contributed by atoms with Gasteiger partial charge in [-0.1, -0.05) is 61.4 Å². The molecule has 1 atom stereocenters. The number of nitrogens with one attached hydrogen (secondary N) is 1. The Hall–Kier alpha value is -2.82. The summed E-state index contributed by atoms with van der Waals surface area (Å²) in [6, 6.07) is 16.6. The van der Waals surface area contributed by atoms with Gasteiger partial charge < -0.3 is 15.0 Å². The van der Waals surface area contributed by atoms with Crippen LogP contribution in [-0.2, 0) is 16.1 Å². The molecule has 150 valence electrons. The highest BCUT2D eigenvalue weighted by atomic mass is 16.5. The Morgan fingerprint density at radius 2 is 1.86 bits per heavy atom. The van der Waals surface area contributed by atoms with Gasteiger partial charge in [0.1, 0.15) is 11.8 Å². The average molecular weight is 383 g/mol. The van der Waals surface area contributed by atoms with E-state index >= 15 is 0 Å². The Kier molecular flexibility index (Phi) is 8.53. The van der Waals surface area contributed by atoms with Crippen molar-refractivity contribution >= 4 is 11.8 Å². The zero-order chi connectivity index (χ0) is 20.4. The standard InChI is InChI=1S/C23H30N2O3/c1-4-5-14-24-23(27)19(3)25(16-20-11-9-10-18(2)15-20)22(26)17-28-21-12-7-6-8-13-21/h6-13,15,19H,4-5,14,16-17H2,1-3H3,(H,24,27)/t19-/m1/s1. The maximum absolute atomic E-state index is 12.9. The maximum atomic E-state index is 12.9. The predicted octanol–water partition coefficient (Wildman–Crippen LogP) is 3.71. The molecule has 2 amide bonds. The number of hydrogen-bond donors (Lipinski definition) is 1. The number of aryl methyl sites for hydroxylation is 1. The van der Waals surface area contributed by atoms with Gasteiger partial charge in [0.25, 0.3) is 5.91 Å². The normalized spacial score (nSPS) is 11.5. The summed E-state index contributed by atoms with van der Waals surface area (Å²) in [6.45, 7) is 6.72. The Morgan fingerprint density at radius 3 is 2.54 bits per heavy atom. The van der Waals surface area contributed by atoms with Crippen molar-refractivity contribution < 1.29 is 14.3 Å². The van der Waals surface area contributed by atoms with Crippen LogP contribution in [-0.4, -0.2) is 35.9 Å². The van der Waals surface area contributed by atoms with E-state index in [1.165, 1.54) is 0 Å². The minimum Gasteiger partial charge on any atom is -0.484 e. The highest BCUT2D eigenvalue weighted by Crippen LogP contribution is 2.13.